The SMILES string of the molecule is Cc1nnc(N2CC(CBr)OC(C)(C)C2)nc1C. The van der Waals surface area contributed by atoms with E-state index in [-0.39, 0.29) is 11.7 Å². The van der Waals surface area contributed by atoms with Crippen LogP contribution in [-0.4, -0.2) is 45.3 Å². The summed E-state index contributed by atoms with van der Waals surface area (Å²) in [6.07, 6.45) is 0.152. The molecule has 0 saturated carbocycles. The van der Waals surface area contributed by atoms with Crippen LogP contribution in [0.3, 0.4) is 0 Å². The zero-order valence-corrected chi connectivity index (χ0v) is 12.9. The lowest BCUT2D eigenvalue weighted by atomic mass is 10.1. The monoisotopic (exact) mass is 314 g/mol. The Kier molecular flexibility index (Phi) is 3.87. The number of rotatable bonds is 2. The van der Waals surface area contributed by atoms with Gasteiger partial charge in [-0.1, -0.05) is 15.9 Å². The fourth-order valence-electron chi connectivity index (χ4n) is 2.11. The highest BCUT2D eigenvalue weighted by Crippen LogP contribution is 2.24. The smallest absolute Gasteiger partial charge is 0.245 e. The number of morpholine rings is 1. The molecule has 2 rings (SSSR count). The van der Waals surface area contributed by atoms with Crippen molar-refractivity contribution in [1.82, 2.24) is 15.2 Å². The minimum Gasteiger partial charge on any atom is -0.368 e. The van der Waals surface area contributed by atoms with Gasteiger partial charge >= 0.3 is 0 Å². The average Bonchev–Trinajstić information content (AvgIpc) is 2.30. The molecule has 0 aromatic carbocycles. The van der Waals surface area contributed by atoms with E-state index in [2.05, 4.69) is 49.9 Å². The van der Waals surface area contributed by atoms with Gasteiger partial charge in [-0.25, -0.2) is 4.98 Å². The Morgan fingerprint density at radius 1 is 1.33 bits per heavy atom. The largest absolute Gasteiger partial charge is 0.368 e. The topological polar surface area (TPSA) is 51.1 Å². The molecule has 0 aliphatic carbocycles. The summed E-state index contributed by atoms with van der Waals surface area (Å²) < 4.78 is 5.96. The van der Waals surface area contributed by atoms with E-state index in [1.165, 1.54) is 0 Å². The Morgan fingerprint density at radius 2 is 2.06 bits per heavy atom. The van der Waals surface area contributed by atoms with Gasteiger partial charge in [-0.2, -0.15) is 5.10 Å². The van der Waals surface area contributed by atoms with E-state index in [4.69, 9.17) is 4.74 Å². The van der Waals surface area contributed by atoms with Crippen molar-refractivity contribution in [2.24, 2.45) is 0 Å². The number of ether oxygens (including phenoxy) is 1. The maximum absolute atomic E-state index is 5.96. The van der Waals surface area contributed by atoms with Crippen molar-refractivity contribution in [3.05, 3.63) is 11.4 Å². The molecule has 1 aliphatic rings. The van der Waals surface area contributed by atoms with Crippen LogP contribution in [0.5, 0.6) is 0 Å². The summed E-state index contributed by atoms with van der Waals surface area (Å²) in [5.41, 5.74) is 1.61. The molecule has 1 aromatic rings. The molecule has 1 atom stereocenters. The molecule has 18 heavy (non-hydrogen) atoms. The van der Waals surface area contributed by atoms with Crippen LogP contribution in [0, 0.1) is 13.8 Å². The Hall–Kier alpha value is -0.750. The summed E-state index contributed by atoms with van der Waals surface area (Å²) in [6, 6.07) is 0. The minimum absolute atomic E-state index is 0.152. The lowest BCUT2D eigenvalue weighted by Crippen LogP contribution is -2.54. The highest BCUT2D eigenvalue weighted by Gasteiger charge is 2.34. The third-order valence-corrected chi connectivity index (χ3v) is 3.74. The Labute approximate surface area is 116 Å². The van der Waals surface area contributed by atoms with E-state index in [0.717, 1.165) is 29.8 Å². The number of nitrogens with zero attached hydrogens (tertiary/aromatic N) is 4. The van der Waals surface area contributed by atoms with Crippen LogP contribution in [0.1, 0.15) is 25.2 Å². The second kappa shape index (κ2) is 5.09. The number of aryl methyl sites for hydroxylation is 2. The Morgan fingerprint density at radius 3 is 2.67 bits per heavy atom. The molecule has 0 bridgehead atoms. The summed E-state index contributed by atoms with van der Waals surface area (Å²) in [5.74, 6) is 0.695. The maximum atomic E-state index is 5.96. The van der Waals surface area contributed by atoms with E-state index in [1.807, 2.05) is 13.8 Å². The van der Waals surface area contributed by atoms with Crippen molar-refractivity contribution >= 4 is 21.9 Å². The van der Waals surface area contributed by atoms with Crippen LogP contribution in [0.2, 0.25) is 0 Å². The van der Waals surface area contributed by atoms with Crippen LogP contribution < -0.4 is 4.90 Å². The number of halogens is 1. The van der Waals surface area contributed by atoms with E-state index in [9.17, 15) is 0 Å². The number of alkyl halides is 1. The van der Waals surface area contributed by atoms with Crippen LogP contribution in [0.4, 0.5) is 5.95 Å². The molecule has 1 aliphatic heterocycles. The fourth-order valence-corrected chi connectivity index (χ4v) is 2.44. The molecule has 1 fully saturated rings. The van der Waals surface area contributed by atoms with Gasteiger partial charge < -0.3 is 9.64 Å². The molecule has 1 unspecified atom stereocenters. The Balaban J connectivity index is 2.23. The van der Waals surface area contributed by atoms with Gasteiger partial charge in [0.15, 0.2) is 0 Å². The van der Waals surface area contributed by atoms with Crippen molar-refractivity contribution in [3.8, 4) is 0 Å². The molecule has 0 spiro atoms. The van der Waals surface area contributed by atoms with Crippen LogP contribution in [-0.2, 0) is 4.74 Å². The van der Waals surface area contributed by atoms with Gasteiger partial charge in [0.05, 0.1) is 23.1 Å². The van der Waals surface area contributed by atoms with Crippen molar-refractivity contribution < 1.29 is 4.74 Å². The molecule has 0 N–H and O–H groups in total. The predicted octanol–water partition coefficient (Wildman–Crippen LogP) is 1.87. The van der Waals surface area contributed by atoms with Crippen molar-refractivity contribution in [3.63, 3.8) is 0 Å². The first-order valence-corrected chi connectivity index (χ1v) is 7.20. The Bertz CT molecular complexity index is 438. The molecule has 2 heterocycles. The van der Waals surface area contributed by atoms with Crippen molar-refractivity contribution in [2.45, 2.75) is 39.4 Å². The zero-order valence-electron chi connectivity index (χ0n) is 11.3. The number of aromatic nitrogens is 3. The molecule has 0 radical (unpaired) electrons. The van der Waals surface area contributed by atoms with Gasteiger partial charge in [-0.05, 0) is 27.7 Å². The normalized spacial score (nSPS) is 23.2. The highest BCUT2D eigenvalue weighted by atomic mass is 79.9. The van der Waals surface area contributed by atoms with Gasteiger partial charge in [0.1, 0.15) is 0 Å². The summed E-state index contributed by atoms with van der Waals surface area (Å²) in [5, 5.41) is 9.15. The van der Waals surface area contributed by atoms with Crippen LogP contribution >= 0.6 is 15.9 Å². The van der Waals surface area contributed by atoms with Crippen LogP contribution in [0.15, 0.2) is 0 Å². The van der Waals surface area contributed by atoms with E-state index in [0.29, 0.717) is 5.95 Å². The third kappa shape index (κ3) is 2.98. The lowest BCUT2D eigenvalue weighted by molar-refractivity contribution is -0.0728. The summed E-state index contributed by atoms with van der Waals surface area (Å²) in [6.45, 7) is 9.62. The van der Waals surface area contributed by atoms with Crippen molar-refractivity contribution in [2.75, 3.05) is 23.3 Å². The van der Waals surface area contributed by atoms with E-state index >= 15 is 0 Å². The summed E-state index contributed by atoms with van der Waals surface area (Å²) in [4.78, 5) is 6.66. The molecule has 6 heteroatoms. The van der Waals surface area contributed by atoms with E-state index < -0.39 is 0 Å². The predicted molar refractivity (Wildman–Crippen MR) is 74.3 cm³/mol. The zero-order chi connectivity index (χ0) is 13.3. The summed E-state index contributed by atoms with van der Waals surface area (Å²) >= 11 is 3.48. The quantitative estimate of drug-likeness (QED) is 0.780. The lowest BCUT2D eigenvalue weighted by Gasteiger charge is -2.42. The average molecular weight is 315 g/mol. The van der Waals surface area contributed by atoms with Gasteiger partial charge in [0.2, 0.25) is 5.95 Å². The molecule has 1 saturated heterocycles. The summed E-state index contributed by atoms with van der Waals surface area (Å²) in [7, 11) is 0. The number of anilines is 1. The van der Waals surface area contributed by atoms with Gasteiger partial charge in [-0.15, -0.1) is 5.10 Å². The molecule has 0 amide bonds. The standard InChI is InChI=1S/C12H19BrN4O/c1-8-9(2)15-16-11(14-8)17-6-10(5-13)18-12(3,4)7-17/h10H,5-7H2,1-4H3. The second-order valence-electron chi connectivity index (χ2n) is 5.32. The molecule has 1 aromatic heterocycles. The third-order valence-electron chi connectivity index (χ3n) is 3.02. The van der Waals surface area contributed by atoms with Crippen molar-refractivity contribution in [1.29, 1.82) is 0 Å². The first-order valence-electron chi connectivity index (χ1n) is 6.08. The number of hydrogen-bond donors (Lipinski definition) is 0. The highest BCUT2D eigenvalue weighted by molar-refractivity contribution is 9.09. The minimum atomic E-state index is -0.196. The van der Waals surface area contributed by atoms with E-state index in [1.54, 1.807) is 0 Å². The van der Waals surface area contributed by atoms with Gasteiger partial charge in [-0.3, -0.25) is 0 Å². The first-order chi connectivity index (χ1) is 8.41. The van der Waals surface area contributed by atoms with Gasteiger partial charge in [0.25, 0.3) is 0 Å². The van der Waals surface area contributed by atoms with Gasteiger partial charge in [0, 0.05) is 18.4 Å². The molecular weight excluding hydrogens is 296 g/mol. The second-order valence-corrected chi connectivity index (χ2v) is 5.96. The molecule has 100 valence electrons. The number of hydrogen-bond acceptors (Lipinski definition) is 5. The molecular formula is C12H19BrN4O. The maximum Gasteiger partial charge on any atom is 0.245 e. The molecule has 5 nitrogen and oxygen atoms in total. The van der Waals surface area contributed by atoms with Crippen LogP contribution in [0.25, 0.3) is 0 Å². The fraction of sp³-hybridized carbons (Fsp3) is 0.750. The first kappa shape index (κ1) is 13.7.